The second kappa shape index (κ2) is 6.91. The van der Waals surface area contributed by atoms with Gasteiger partial charge in [-0.3, -0.25) is 14.4 Å². The minimum absolute atomic E-state index is 0.0615. The van der Waals surface area contributed by atoms with E-state index in [9.17, 15) is 14.4 Å². The average molecular weight is 298 g/mol. The number of amides is 2. The zero-order valence-electron chi connectivity index (χ0n) is 13.3. The Balaban J connectivity index is 2.47. The van der Waals surface area contributed by atoms with Gasteiger partial charge in [0.1, 0.15) is 0 Å². The first-order chi connectivity index (χ1) is 9.62. The zero-order chi connectivity index (χ0) is 16.2. The summed E-state index contributed by atoms with van der Waals surface area (Å²) in [5.74, 6) is -1.51. The van der Waals surface area contributed by atoms with Crippen molar-refractivity contribution in [1.29, 1.82) is 0 Å². The van der Waals surface area contributed by atoms with Gasteiger partial charge < -0.3 is 15.3 Å². The van der Waals surface area contributed by atoms with Crippen LogP contribution in [-0.2, 0) is 14.4 Å². The van der Waals surface area contributed by atoms with Gasteiger partial charge in [0, 0.05) is 31.0 Å². The number of carbonyl (C=O) groups excluding carboxylic acids is 2. The summed E-state index contributed by atoms with van der Waals surface area (Å²) < 4.78 is 0. The first-order valence-electron chi connectivity index (χ1n) is 7.43. The van der Waals surface area contributed by atoms with Crippen LogP contribution in [0.5, 0.6) is 0 Å². The van der Waals surface area contributed by atoms with E-state index in [1.165, 1.54) is 0 Å². The Morgan fingerprint density at radius 2 is 1.86 bits per heavy atom. The Morgan fingerprint density at radius 1 is 1.24 bits per heavy atom. The molecule has 2 N–H and O–H groups in total. The van der Waals surface area contributed by atoms with E-state index in [2.05, 4.69) is 5.32 Å². The summed E-state index contributed by atoms with van der Waals surface area (Å²) in [4.78, 5) is 36.6. The maximum atomic E-state index is 12.2. The van der Waals surface area contributed by atoms with Crippen LogP contribution >= 0.6 is 0 Å². The molecule has 0 saturated carbocycles. The Hall–Kier alpha value is -1.59. The van der Waals surface area contributed by atoms with Crippen molar-refractivity contribution in [1.82, 2.24) is 10.2 Å². The molecule has 2 unspecified atom stereocenters. The Labute approximate surface area is 125 Å². The summed E-state index contributed by atoms with van der Waals surface area (Å²) >= 11 is 0. The number of nitrogens with zero attached hydrogens (tertiary/aromatic N) is 1. The summed E-state index contributed by atoms with van der Waals surface area (Å²) in [7, 11) is 0. The van der Waals surface area contributed by atoms with E-state index in [1.54, 1.807) is 4.90 Å². The van der Waals surface area contributed by atoms with Gasteiger partial charge >= 0.3 is 5.97 Å². The maximum Gasteiger partial charge on any atom is 0.308 e. The Bertz CT molecular complexity index is 414. The molecule has 0 radical (unpaired) electrons. The molecule has 0 aromatic carbocycles. The third kappa shape index (κ3) is 5.02. The first kappa shape index (κ1) is 17.5. The van der Waals surface area contributed by atoms with Gasteiger partial charge in [-0.1, -0.05) is 20.8 Å². The van der Waals surface area contributed by atoms with E-state index in [0.29, 0.717) is 12.8 Å². The third-order valence-corrected chi connectivity index (χ3v) is 3.86. The van der Waals surface area contributed by atoms with Gasteiger partial charge in [0.05, 0.1) is 5.92 Å². The van der Waals surface area contributed by atoms with E-state index in [-0.39, 0.29) is 37.4 Å². The molecule has 6 heteroatoms. The minimum atomic E-state index is -0.847. The molecule has 1 aliphatic heterocycles. The molecular weight excluding hydrogens is 272 g/mol. The van der Waals surface area contributed by atoms with Crippen molar-refractivity contribution in [3.8, 4) is 0 Å². The predicted molar refractivity (Wildman–Crippen MR) is 78.6 cm³/mol. The van der Waals surface area contributed by atoms with E-state index in [0.717, 1.165) is 0 Å². The van der Waals surface area contributed by atoms with Crippen LogP contribution in [0.1, 0.15) is 47.0 Å². The van der Waals surface area contributed by atoms with Crippen LogP contribution in [0.3, 0.4) is 0 Å². The summed E-state index contributed by atoms with van der Waals surface area (Å²) in [5, 5.41) is 11.8. The number of hydrogen-bond donors (Lipinski definition) is 2. The normalized spacial score (nSPS) is 22.8. The Morgan fingerprint density at radius 3 is 2.38 bits per heavy atom. The fourth-order valence-corrected chi connectivity index (χ4v) is 2.35. The maximum absolute atomic E-state index is 12.2. The highest BCUT2D eigenvalue weighted by molar-refractivity contribution is 5.82. The smallest absolute Gasteiger partial charge is 0.308 e. The Kier molecular flexibility index (Phi) is 5.75. The number of piperidine rings is 1. The van der Waals surface area contributed by atoms with E-state index < -0.39 is 17.3 Å². The van der Waals surface area contributed by atoms with E-state index >= 15 is 0 Å². The molecule has 2 amide bonds. The first-order valence-corrected chi connectivity index (χ1v) is 7.43. The van der Waals surface area contributed by atoms with Crippen LogP contribution in [0.2, 0.25) is 0 Å². The number of hydrogen-bond acceptors (Lipinski definition) is 3. The molecule has 0 aliphatic carbocycles. The lowest BCUT2D eigenvalue weighted by atomic mass is 9.93. The quantitative estimate of drug-likeness (QED) is 0.818. The van der Waals surface area contributed by atoms with E-state index in [1.807, 2.05) is 27.7 Å². The van der Waals surface area contributed by atoms with Gasteiger partial charge in [-0.2, -0.15) is 0 Å². The fraction of sp³-hybridized carbons (Fsp3) is 0.800. The second-order valence-corrected chi connectivity index (χ2v) is 6.76. The van der Waals surface area contributed by atoms with Crippen LogP contribution in [0.4, 0.5) is 0 Å². The number of carboxylic acids is 1. The van der Waals surface area contributed by atoms with Gasteiger partial charge in [0.15, 0.2) is 0 Å². The van der Waals surface area contributed by atoms with Crippen LogP contribution in [0, 0.1) is 11.3 Å². The van der Waals surface area contributed by atoms with Gasteiger partial charge in [-0.25, -0.2) is 0 Å². The lowest BCUT2D eigenvalue weighted by Crippen LogP contribution is -2.48. The molecule has 1 fully saturated rings. The van der Waals surface area contributed by atoms with Gasteiger partial charge in [0.25, 0.3) is 0 Å². The molecule has 0 bridgehead atoms. The molecule has 0 aromatic rings. The van der Waals surface area contributed by atoms with Crippen LogP contribution in [0.15, 0.2) is 0 Å². The number of likely N-dealkylation sites (tertiary alicyclic amines) is 1. The molecular formula is C15H26N2O4. The molecule has 1 heterocycles. The molecule has 2 atom stereocenters. The summed E-state index contributed by atoms with van der Waals surface area (Å²) in [5.41, 5.74) is -0.476. The molecule has 120 valence electrons. The van der Waals surface area contributed by atoms with Crippen LogP contribution in [-0.4, -0.2) is 46.9 Å². The van der Waals surface area contributed by atoms with Crippen LogP contribution in [0.25, 0.3) is 0 Å². The SMILES string of the molecule is CC1CCC(C(=O)O)CN1C(=O)CCNC(=O)C(C)(C)C. The molecule has 0 spiro atoms. The van der Waals surface area contributed by atoms with Crippen molar-refractivity contribution < 1.29 is 19.5 Å². The zero-order valence-corrected chi connectivity index (χ0v) is 13.3. The average Bonchev–Trinajstić information content (AvgIpc) is 2.37. The molecule has 1 rings (SSSR count). The fourth-order valence-electron chi connectivity index (χ4n) is 2.35. The van der Waals surface area contributed by atoms with Gasteiger partial charge in [-0.15, -0.1) is 0 Å². The number of carbonyl (C=O) groups is 3. The number of carboxylic acid groups (broad SMARTS) is 1. The highest BCUT2D eigenvalue weighted by Gasteiger charge is 2.32. The van der Waals surface area contributed by atoms with Crippen molar-refractivity contribution in [2.75, 3.05) is 13.1 Å². The minimum Gasteiger partial charge on any atom is -0.481 e. The molecule has 6 nitrogen and oxygen atoms in total. The van der Waals surface area contributed by atoms with Crippen molar-refractivity contribution >= 4 is 17.8 Å². The lowest BCUT2D eigenvalue weighted by Gasteiger charge is -2.36. The van der Waals surface area contributed by atoms with Crippen molar-refractivity contribution in [2.45, 2.75) is 53.0 Å². The second-order valence-electron chi connectivity index (χ2n) is 6.76. The largest absolute Gasteiger partial charge is 0.481 e. The van der Waals surface area contributed by atoms with E-state index in [4.69, 9.17) is 5.11 Å². The standard InChI is InChI=1S/C15H26N2O4/c1-10-5-6-11(13(19)20)9-17(10)12(18)7-8-16-14(21)15(2,3)4/h10-11H,5-9H2,1-4H3,(H,16,21)(H,19,20). The lowest BCUT2D eigenvalue weighted by molar-refractivity contribution is -0.147. The van der Waals surface area contributed by atoms with Crippen molar-refractivity contribution in [2.24, 2.45) is 11.3 Å². The number of aliphatic carboxylic acids is 1. The third-order valence-electron chi connectivity index (χ3n) is 3.86. The number of rotatable bonds is 4. The molecule has 0 aromatic heterocycles. The van der Waals surface area contributed by atoms with Crippen molar-refractivity contribution in [3.63, 3.8) is 0 Å². The molecule has 1 aliphatic rings. The highest BCUT2D eigenvalue weighted by atomic mass is 16.4. The summed E-state index contributed by atoms with van der Waals surface area (Å²) in [6.07, 6.45) is 1.52. The topological polar surface area (TPSA) is 86.7 Å². The summed E-state index contributed by atoms with van der Waals surface area (Å²) in [6, 6.07) is 0.0615. The highest BCUT2D eigenvalue weighted by Crippen LogP contribution is 2.22. The predicted octanol–water partition coefficient (Wildman–Crippen LogP) is 1.25. The van der Waals surface area contributed by atoms with Crippen molar-refractivity contribution in [3.05, 3.63) is 0 Å². The monoisotopic (exact) mass is 298 g/mol. The van der Waals surface area contributed by atoms with Gasteiger partial charge in [-0.05, 0) is 19.8 Å². The summed E-state index contributed by atoms with van der Waals surface area (Å²) in [6.45, 7) is 7.93. The van der Waals surface area contributed by atoms with Gasteiger partial charge in [0.2, 0.25) is 11.8 Å². The molecule has 21 heavy (non-hydrogen) atoms. The number of nitrogens with one attached hydrogen (secondary N) is 1. The van der Waals surface area contributed by atoms with Crippen LogP contribution < -0.4 is 5.32 Å². The molecule has 1 saturated heterocycles.